The zero-order valence-electron chi connectivity index (χ0n) is 9.42. The van der Waals surface area contributed by atoms with Gasteiger partial charge in [-0.25, -0.2) is 0 Å². The summed E-state index contributed by atoms with van der Waals surface area (Å²) in [4.78, 5) is 2.46. The number of hydrogen-bond acceptors (Lipinski definition) is 3. The molecule has 2 unspecified atom stereocenters. The highest BCUT2D eigenvalue weighted by molar-refractivity contribution is 7.12. The van der Waals surface area contributed by atoms with Crippen molar-refractivity contribution < 1.29 is 5.11 Å². The van der Waals surface area contributed by atoms with Gasteiger partial charge in [0, 0.05) is 22.2 Å². The molecule has 2 heterocycles. The van der Waals surface area contributed by atoms with E-state index in [1.807, 2.05) is 0 Å². The topological polar surface area (TPSA) is 32.3 Å². The maximum Gasteiger partial charge on any atom is 0.0924 e. The van der Waals surface area contributed by atoms with E-state index in [4.69, 9.17) is 0 Å². The largest absolute Gasteiger partial charge is 0.387 e. The molecule has 0 aliphatic carbocycles. The summed E-state index contributed by atoms with van der Waals surface area (Å²) in [6, 6.07) is 2.17. The molecule has 84 valence electrons. The first kappa shape index (κ1) is 11.1. The van der Waals surface area contributed by atoms with Crippen LogP contribution in [0.25, 0.3) is 0 Å². The molecule has 1 aliphatic heterocycles. The van der Waals surface area contributed by atoms with Gasteiger partial charge in [0.2, 0.25) is 0 Å². The molecular formula is C12H19NOS. The third-order valence-corrected chi connectivity index (χ3v) is 4.35. The van der Waals surface area contributed by atoms with Crippen LogP contribution in [0.2, 0.25) is 0 Å². The van der Waals surface area contributed by atoms with Crippen molar-refractivity contribution in [1.82, 2.24) is 5.32 Å². The first-order chi connectivity index (χ1) is 7.18. The van der Waals surface area contributed by atoms with Gasteiger partial charge in [-0.2, -0.15) is 0 Å². The normalized spacial score (nSPS) is 24.1. The summed E-state index contributed by atoms with van der Waals surface area (Å²) < 4.78 is 0. The number of hydrogen-bond donors (Lipinski definition) is 2. The highest BCUT2D eigenvalue weighted by atomic mass is 32.1. The van der Waals surface area contributed by atoms with Crippen LogP contribution in [0.1, 0.15) is 34.3 Å². The number of rotatable bonds is 2. The first-order valence-electron chi connectivity index (χ1n) is 5.64. The Morgan fingerprint density at radius 1 is 1.53 bits per heavy atom. The number of aliphatic hydroxyl groups excluding tert-OH is 1. The van der Waals surface area contributed by atoms with Crippen molar-refractivity contribution in [2.45, 2.75) is 32.8 Å². The summed E-state index contributed by atoms with van der Waals surface area (Å²) in [6.45, 7) is 6.26. The molecule has 0 spiro atoms. The van der Waals surface area contributed by atoms with E-state index in [1.165, 1.54) is 21.7 Å². The Balaban J connectivity index is 2.12. The van der Waals surface area contributed by atoms with Gasteiger partial charge in [0.15, 0.2) is 0 Å². The predicted octanol–water partition coefficient (Wildman–Crippen LogP) is 2.40. The lowest BCUT2D eigenvalue weighted by Crippen LogP contribution is -2.33. The van der Waals surface area contributed by atoms with Gasteiger partial charge in [-0.05, 0) is 44.9 Å². The van der Waals surface area contributed by atoms with Crippen LogP contribution >= 0.6 is 11.3 Å². The molecular weight excluding hydrogens is 206 g/mol. The quantitative estimate of drug-likeness (QED) is 0.810. The maximum absolute atomic E-state index is 10.3. The van der Waals surface area contributed by atoms with E-state index in [2.05, 4.69) is 25.2 Å². The van der Waals surface area contributed by atoms with Crippen LogP contribution in [0.4, 0.5) is 0 Å². The van der Waals surface area contributed by atoms with Crippen LogP contribution in [0, 0.1) is 19.8 Å². The fourth-order valence-corrected chi connectivity index (χ4v) is 3.43. The maximum atomic E-state index is 10.3. The van der Waals surface area contributed by atoms with Gasteiger partial charge in [-0.3, -0.25) is 0 Å². The lowest BCUT2D eigenvalue weighted by atomic mass is 9.92. The van der Waals surface area contributed by atoms with Gasteiger partial charge in [-0.15, -0.1) is 11.3 Å². The Labute approximate surface area is 95.3 Å². The van der Waals surface area contributed by atoms with E-state index in [0.29, 0.717) is 5.92 Å². The summed E-state index contributed by atoms with van der Waals surface area (Å²) in [6.07, 6.45) is 2.06. The van der Waals surface area contributed by atoms with Crippen molar-refractivity contribution in [2.24, 2.45) is 5.92 Å². The van der Waals surface area contributed by atoms with Gasteiger partial charge in [-0.1, -0.05) is 0 Å². The molecule has 0 bridgehead atoms. The molecule has 1 aromatic rings. The molecule has 2 atom stereocenters. The molecule has 1 fully saturated rings. The summed E-state index contributed by atoms with van der Waals surface area (Å²) in [5, 5.41) is 13.7. The van der Waals surface area contributed by atoms with Gasteiger partial charge in [0.1, 0.15) is 0 Å². The zero-order chi connectivity index (χ0) is 10.8. The molecule has 1 aliphatic rings. The second-order valence-electron chi connectivity index (χ2n) is 4.46. The number of thiophene rings is 1. The zero-order valence-corrected chi connectivity index (χ0v) is 10.2. The Morgan fingerprint density at radius 2 is 2.33 bits per heavy atom. The second-order valence-corrected chi connectivity index (χ2v) is 5.74. The molecule has 1 saturated heterocycles. The minimum absolute atomic E-state index is 0.267. The number of piperidine rings is 1. The van der Waals surface area contributed by atoms with Gasteiger partial charge in [0.05, 0.1) is 6.10 Å². The van der Waals surface area contributed by atoms with E-state index >= 15 is 0 Å². The second kappa shape index (κ2) is 4.64. The Kier molecular flexibility index (Phi) is 3.44. The number of nitrogens with one attached hydrogen (secondary N) is 1. The van der Waals surface area contributed by atoms with E-state index in [9.17, 15) is 5.11 Å². The Hall–Kier alpha value is -0.380. The van der Waals surface area contributed by atoms with Gasteiger partial charge < -0.3 is 10.4 Å². The van der Waals surface area contributed by atoms with E-state index in [0.717, 1.165) is 19.5 Å². The molecule has 2 nitrogen and oxygen atoms in total. The Morgan fingerprint density at radius 3 is 2.87 bits per heavy atom. The molecule has 0 radical (unpaired) electrons. The molecule has 0 aromatic carbocycles. The van der Waals surface area contributed by atoms with Crippen molar-refractivity contribution in [3.8, 4) is 0 Å². The van der Waals surface area contributed by atoms with Gasteiger partial charge in [0.25, 0.3) is 0 Å². The number of aliphatic hydroxyl groups is 1. The van der Waals surface area contributed by atoms with Crippen LogP contribution < -0.4 is 5.32 Å². The smallest absolute Gasteiger partial charge is 0.0924 e. The van der Waals surface area contributed by atoms with E-state index in [-0.39, 0.29) is 6.10 Å². The molecule has 2 rings (SSSR count). The van der Waals surface area contributed by atoms with Crippen molar-refractivity contribution >= 4 is 11.3 Å². The third kappa shape index (κ3) is 2.41. The number of aryl methyl sites for hydroxylation is 2. The van der Waals surface area contributed by atoms with E-state index in [1.54, 1.807) is 11.3 Å². The fraction of sp³-hybridized carbons (Fsp3) is 0.667. The molecule has 2 N–H and O–H groups in total. The molecule has 0 saturated carbocycles. The van der Waals surface area contributed by atoms with Crippen molar-refractivity contribution in [3.05, 3.63) is 21.4 Å². The first-order valence-corrected chi connectivity index (χ1v) is 6.46. The highest BCUT2D eigenvalue weighted by Gasteiger charge is 2.25. The molecule has 15 heavy (non-hydrogen) atoms. The van der Waals surface area contributed by atoms with Crippen molar-refractivity contribution in [3.63, 3.8) is 0 Å². The monoisotopic (exact) mass is 225 g/mol. The Bertz CT molecular complexity index is 328. The van der Waals surface area contributed by atoms with Crippen LogP contribution in [-0.2, 0) is 0 Å². The SMILES string of the molecule is Cc1cc(C)c(C(O)C2CCCNC2)s1. The summed E-state index contributed by atoms with van der Waals surface area (Å²) in [5.41, 5.74) is 1.25. The summed E-state index contributed by atoms with van der Waals surface area (Å²) in [5.74, 6) is 0.399. The minimum atomic E-state index is -0.267. The van der Waals surface area contributed by atoms with Crippen LogP contribution in [0.15, 0.2) is 6.07 Å². The van der Waals surface area contributed by atoms with Crippen molar-refractivity contribution in [1.29, 1.82) is 0 Å². The highest BCUT2D eigenvalue weighted by Crippen LogP contribution is 2.34. The van der Waals surface area contributed by atoms with Crippen LogP contribution in [0.5, 0.6) is 0 Å². The third-order valence-electron chi connectivity index (χ3n) is 3.13. The van der Waals surface area contributed by atoms with Crippen LogP contribution in [-0.4, -0.2) is 18.2 Å². The summed E-state index contributed by atoms with van der Waals surface area (Å²) >= 11 is 1.74. The van der Waals surface area contributed by atoms with Crippen molar-refractivity contribution in [2.75, 3.05) is 13.1 Å². The van der Waals surface area contributed by atoms with E-state index < -0.39 is 0 Å². The lowest BCUT2D eigenvalue weighted by molar-refractivity contribution is 0.0948. The lowest BCUT2D eigenvalue weighted by Gasteiger charge is -2.27. The van der Waals surface area contributed by atoms with Gasteiger partial charge >= 0.3 is 0 Å². The minimum Gasteiger partial charge on any atom is -0.387 e. The van der Waals surface area contributed by atoms with Crippen LogP contribution in [0.3, 0.4) is 0 Å². The summed E-state index contributed by atoms with van der Waals surface area (Å²) in [7, 11) is 0. The average Bonchev–Trinajstić information content (AvgIpc) is 2.58. The predicted molar refractivity (Wildman–Crippen MR) is 64.3 cm³/mol. The standard InChI is InChI=1S/C12H19NOS/c1-8-6-9(2)15-12(8)11(14)10-4-3-5-13-7-10/h6,10-11,13-14H,3-5,7H2,1-2H3. The average molecular weight is 225 g/mol. The molecule has 1 aromatic heterocycles. The fourth-order valence-electron chi connectivity index (χ4n) is 2.32. The molecule has 0 amide bonds. The molecule has 3 heteroatoms.